The molecule has 0 aliphatic heterocycles. The molecule has 0 radical (unpaired) electrons. The second-order valence-electron chi connectivity index (χ2n) is 6.09. The van der Waals surface area contributed by atoms with E-state index in [4.69, 9.17) is 11.6 Å². The SMILES string of the molecule is CN=C(NCc1ccc(NS(C)(=O)=O)cc1)N(C)Cc1cc(Cl)cn1C. The molecule has 7 nitrogen and oxygen atoms in total. The molecule has 1 heterocycles. The van der Waals surface area contributed by atoms with E-state index in [-0.39, 0.29) is 0 Å². The molecule has 26 heavy (non-hydrogen) atoms. The number of nitrogens with one attached hydrogen (secondary N) is 2. The van der Waals surface area contributed by atoms with Gasteiger partial charge >= 0.3 is 0 Å². The lowest BCUT2D eigenvalue weighted by Crippen LogP contribution is -2.38. The van der Waals surface area contributed by atoms with Crippen LogP contribution in [0.3, 0.4) is 0 Å². The first-order valence-electron chi connectivity index (χ1n) is 7.97. The molecule has 0 fully saturated rings. The number of halogens is 1. The normalized spacial score (nSPS) is 12.1. The van der Waals surface area contributed by atoms with E-state index >= 15 is 0 Å². The fourth-order valence-corrected chi connectivity index (χ4v) is 3.35. The average molecular weight is 398 g/mol. The van der Waals surface area contributed by atoms with E-state index < -0.39 is 10.0 Å². The van der Waals surface area contributed by atoms with Crippen molar-refractivity contribution in [3.8, 4) is 0 Å². The van der Waals surface area contributed by atoms with Gasteiger partial charge in [-0.05, 0) is 23.8 Å². The monoisotopic (exact) mass is 397 g/mol. The van der Waals surface area contributed by atoms with E-state index in [9.17, 15) is 8.42 Å². The van der Waals surface area contributed by atoms with Crippen LogP contribution in [0, 0.1) is 0 Å². The zero-order valence-electron chi connectivity index (χ0n) is 15.3. The summed E-state index contributed by atoms with van der Waals surface area (Å²) in [6.45, 7) is 1.24. The number of benzene rings is 1. The number of hydrogen-bond donors (Lipinski definition) is 2. The minimum absolute atomic E-state index is 0.540. The number of anilines is 1. The summed E-state index contributed by atoms with van der Waals surface area (Å²) in [4.78, 5) is 6.30. The summed E-state index contributed by atoms with van der Waals surface area (Å²) >= 11 is 6.03. The van der Waals surface area contributed by atoms with E-state index in [1.165, 1.54) is 0 Å². The van der Waals surface area contributed by atoms with Crippen LogP contribution in [0.2, 0.25) is 5.02 Å². The number of hydrogen-bond acceptors (Lipinski definition) is 3. The minimum Gasteiger partial charge on any atom is -0.352 e. The van der Waals surface area contributed by atoms with Crippen molar-refractivity contribution in [3.05, 3.63) is 52.8 Å². The summed E-state index contributed by atoms with van der Waals surface area (Å²) in [5.41, 5.74) is 2.63. The Kier molecular flexibility index (Phi) is 6.55. The molecule has 0 aliphatic rings. The van der Waals surface area contributed by atoms with Gasteiger partial charge in [0.2, 0.25) is 10.0 Å². The van der Waals surface area contributed by atoms with Crippen LogP contribution in [0.5, 0.6) is 0 Å². The van der Waals surface area contributed by atoms with Crippen molar-refractivity contribution in [2.45, 2.75) is 13.1 Å². The highest BCUT2D eigenvalue weighted by atomic mass is 35.5. The smallest absolute Gasteiger partial charge is 0.229 e. The van der Waals surface area contributed by atoms with Crippen molar-refractivity contribution in [2.24, 2.45) is 12.0 Å². The van der Waals surface area contributed by atoms with Gasteiger partial charge in [0.25, 0.3) is 0 Å². The van der Waals surface area contributed by atoms with E-state index in [0.717, 1.165) is 23.5 Å². The van der Waals surface area contributed by atoms with Crippen LogP contribution in [0.15, 0.2) is 41.5 Å². The van der Waals surface area contributed by atoms with Crippen molar-refractivity contribution in [1.82, 2.24) is 14.8 Å². The summed E-state index contributed by atoms with van der Waals surface area (Å²) in [5.74, 6) is 0.751. The highest BCUT2D eigenvalue weighted by molar-refractivity contribution is 7.92. The van der Waals surface area contributed by atoms with Gasteiger partial charge in [-0.15, -0.1) is 0 Å². The lowest BCUT2D eigenvalue weighted by Gasteiger charge is -2.22. The van der Waals surface area contributed by atoms with Gasteiger partial charge in [0, 0.05) is 45.3 Å². The maximum atomic E-state index is 11.2. The standard InChI is InChI=1S/C17H24ClN5O2S/c1-19-17(23(3)12-16-9-14(18)11-22(16)2)20-10-13-5-7-15(8-6-13)21-26(4,24)25/h5-9,11,21H,10,12H2,1-4H3,(H,19,20). The number of aryl methyl sites for hydroxylation is 1. The van der Waals surface area contributed by atoms with Crippen molar-refractivity contribution in [2.75, 3.05) is 25.1 Å². The minimum atomic E-state index is -3.27. The molecule has 1 aromatic heterocycles. The van der Waals surface area contributed by atoms with Crippen molar-refractivity contribution < 1.29 is 8.42 Å². The molecule has 0 unspecified atom stereocenters. The molecule has 2 rings (SSSR count). The second kappa shape index (κ2) is 8.46. The fraction of sp³-hybridized carbons (Fsp3) is 0.353. The van der Waals surface area contributed by atoms with Gasteiger partial charge in [-0.1, -0.05) is 23.7 Å². The van der Waals surface area contributed by atoms with Crippen molar-refractivity contribution in [3.63, 3.8) is 0 Å². The number of nitrogens with zero attached hydrogens (tertiary/aromatic N) is 3. The molecule has 142 valence electrons. The van der Waals surface area contributed by atoms with E-state index in [1.807, 2.05) is 48.0 Å². The van der Waals surface area contributed by atoms with Crippen LogP contribution < -0.4 is 10.0 Å². The topological polar surface area (TPSA) is 78.7 Å². The Hall–Kier alpha value is -2.19. The van der Waals surface area contributed by atoms with Crippen LogP contribution in [0.4, 0.5) is 5.69 Å². The zero-order valence-corrected chi connectivity index (χ0v) is 16.9. The third-order valence-electron chi connectivity index (χ3n) is 3.75. The van der Waals surface area contributed by atoms with E-state index in [0.29, 0.717) is 23.8 Å². The molecule has 0 saturated heterocycles. The molecule has 0 amide bonds. The Bertz CT molecular complexity index is 875. The quantitative estimate of drug-likeness (QED) is 0.579. The third kappa shape index (κ3) is 5.96. The van der Waals surface area contributed by atoms with Gasteiger partial charge in [0.05, 0.1) is 17.8 Å². The molecule has 0 bridgehead atoms. The molecule has 2 aromatic rings. The van der Waals surface area contributed by atoms with Crippen LogP contribution in [0.25, 0.3) is 0 Å². The first-order valence-corrected chi connectivity index (χ1v) is 10.2. The second-order valence-corrected chi connectivity index (χ2v) is 8.27. The third-order valence-corrected chi connectivity index (χ3v) is 4.57. The Morgan fingerprint density at radius 2 is 1.96 bits per heavy atom. The lowest BCUT2D eigenvalue weighted by atomic mass is 10.2. The summed E-state index contributed by atoms with van der Waals surface area (Å²) in [6, 6.07) is 9.13. The fourth-order valence-electron chi connectivity index (χ4n) is 2.51. The number of rotatable bonds is 6. The number of aromatic nitrogens is 1. The van der Waals surface area contributed by atoms with Crippen molar-refractivity contribution in [1.29, 1.82) is 0 Å². The number of guanidine groups is 1. The summed E-state index contributed by atoms with van der Waals surface area (Å²) < 4.78 is 26.9. The van der Waals surface area contributed by atoms with Crippen LogP contribution in [0.1, 0.15) is 11.3 Å². The predicted octanol–water partition coefficient (Wildman–Crippen LogP) is 2.26. The number of aliphatic imine (C=N–C) groups is 1. The van der Waals surface area contributed by atoms with Crippen LogP contribution in [-0.4, -0.2) is 44.2 Å². The van der Waals surface area contributed by atoms with Crippen molar-refractivity contribution >= 4 is 33.3 Å². The van der Waals surface area contributed by atoms with E-state index in [2.05, 4.69) is 15.0 Å². The van der Waals surface area contributed by atoms with Gasteiger partial charge in [-0.2, -0.15) is 0 Å². The maximum absolute atomic E-state index is 11.2. The molecule has 2 N–H and O–H groups in total. The van der Waals surface area contributed by atoms with Gasteiger partial charge in [-0.25, -0.2) is 8.42 Å². The van der Waals surface area contributed by atoms with Gasteiger partial charge < -0.3 is 14.8 Å². The van der Waals surface area contributed by atoms with Gasteiger partial charge in [0.1, 0.15) is 0 Å². The highest BCUT2D eigenvalue weighted by Gasteiger charge is 2.10. The first kappa shape index (κ1) is 20.1. The molecule has 0 atom stereocenters. The molecular weight excluding hydrogens is 374 g/mol. The van der Waals surface area contributed by atoms with E-state index in [1.54, 1.807) is 19.2 Å². The molecule has 0 aliphatic carbocycles. The lowest BCUT2D eigenvalue weighted by molar-refractivity contribution is 0.461. The molecule has 0 spiro atoms. The van der Waals surface area contributed by atoms with Gasteiger partial charge in [0.15, 0.2) is 5.96 Å². The highest BCUT2D eigenvalue weighted by Crippen LogP contribution is 2.14. The Labute approximate surface area is 159 Å². The Morgan fingerprint density at radius 1 is 1.31 bits per heavy atom. The summed E-state index contributed by atoms with van der Waals surface area (Å²) in [6.07, 6.45) is 3.00. The molecular formula is C17H24ClN5O2S. The van der Waals surface area contributed by atoms with Gasteiger partial charge in [-0.3, -0.25) is 9.71 Å². The first-order chi connectivity index (χ1) is 12.2. The summed E-state index contributed by atoms with van der Waals surface area (Å²) in [5, 5.41) is 4.00. The predicted molar refractivity (Wildman–Crippen MR) is 107 cm³/mol. The molecule has 9 heteroatoms. The van der Waals surface area contributed by atoms with Crippen LogP contribution >= 0.6 is 11.6 Å². The van der Waals surface area contributed by atoms with Crippen LogP contribution in [-0.2, 0) is 30.2 Å². The Morgan fingerprint density at radius 3 is 2.46 bits per heavy atom. The summed E-state index contributed by atoms with van der Waals surface area (Å²) in [7, 11) is 2.38. The molecule has 1 aromatic carbocycles. The maximum Gasteiger partial charge on any atom is 0.229 e. The Balaban J connectivity index is 1.94. The average Bonchev–Trinajstić information content (AvgIpc) is 2.85. The largest absolute Gasteiger partial charge is 0.352 e. The number of sulfonamides is 1. The molecule has 0 saturated carbocycles. The zero-order chi connectivity index (χ0) is 19.3.